The van der Waals surface area contributed by atoms with Gasteiger partial charge in [-0.25, -0.2) is 4.79 Å². The normalized spacial score (nSPS) is 12.1. The van der Waals surface area contributed by atoms with Crippen molar-refractivity contribution in [1.29, 1.82) is 0 Å². The number of carbonyl (C=O) groups is 2. The van der Waals surface area contributed by atoms with E-state index >= 15 is 0 Å². The van der Waals surface area contributed by atoms with Gasteiger partial charge in [-0.3, -0.25) is 4.79 Å². The number of hydrogen-bond acceptors (Lipinski definition) is 3. The minimum atomic E-state index is -1.19. The molecular weight excluding hydrogens is 198 g/mol. The molecule has 0 unspecified atom stereocenters. The summed E-state index contributed by atoms with van der Waals surface area (Å²) >= 11 is 0. The maximum Gasteiger partial charge on any atom is 0.335 e. The number of aliphatic carboxylic acids is 1. The number of nitrogens with two attached hydrogens (primary N) is 1. The van der Waals surface area contributed by atoms with Crippen LogP contribution in [0.3, 0.4) is 0 Å². The van der Waals surface area contributed by atoms with Crippen molar-refractivity contribution in [3.8, 4) is 0 Å². The molecule has 0 radical (unpaired) electrons. The van der Waals surface area contributed by atoms with Crippen molar-refractivity contribution in [3.05, 3.63) is 34.9 Å². The molecule has 4 N–H and O–H groups in total. The lowest BCUT2D eigenvalue weighted by Gasteiger charge is -2.10. The fourth-order valence-electron chi connectivity index (χ4n) is 1.24. The molecule has 1 aromatic rings. The number of aryl methyl sites for hydroxylation is 1. The predicted octanol–water partition coefficient (Wildman–Crippen LogP) is 0.778. The first-order valence-corrected chi connectivity index (χ1v) is 4.25. The van der Waals surface area contributed by atoms with Gasteiger partial charge in [-0.15, -0.1) is 0 Å². The zero-order valence-electron chi connectivity index (χ0n) is 8.10. The number of hydrogen-bond donors (Lipinski definition) is 3. The Balaban J connectivity index is 3.22. The molecule has 0 heterocycles. The number of rotatable bonds is 3. The number of benzene rings is 1. The SMILES string of the molecule is Cc1ccc(C(=O)O)cc1[C@H](N)C(=O)O. The van der Waals surface area contributed by atoms with E-state index < -0.39 is 18.0 Å². The van der Waals surface area contributed by atoms with Crippen LogP contribution in [0, 0.1) is 6.92 Å². The van der Waals surface area contributed by atoms with Gasteiger partial charge in [0, 0.05) is 0 Å². The summed E-state index contributed by atoms with van der Waals surface area (Å²) in [6, 6.07) is 3.05. The topological polar surface area (TPSA) is 101 Å². The Labute approximate surface area is 86.1 Å². The smallest absolute Gasteiger partial charge is 0.335 e. The molecule has 1 rings (SSSR count). The summed E-state index contributed by atoms with van der Waals surface area (Å²) in [5.41, 5.74) is 6.43. The van der Waals surface area contributed by atoms with Crippen LogP contribution in [-0.2, 0) is 4.79 Å². The van der Waals surface area contributed by atoms with Crippen LogP contribution in [-0.4, -0.2) is 22.2 Å². The minimum Gasteiger partial charge on any atom is -0.480 e. The van der Waals surface area contributed by atoms with E-state index in [1.807, 2.05) is 0 Å². The average Bonchev–Trinajstić information content (AvgIpc) is 2.16. The maximum absolute atomic E-state index is 10.7. The molecule has 5 nitrogen and oxygen atoms in total. The first-order valence-electron chi connectivity index (χ1n) is 4.25. The highest BCUT2D eigenvalue weighted by Gasteiger charge is 2.18. The molecule has 0 aliphatic heterocycles. The Hall–Kier alpha value is -1.88. The highest BCUT2D eigenvalue weighted by molar-refractivity contribution is 5.88. The molecule has 0 bridgehead atoms. The van der Waals surface area contributed by atoms with Crippen molar-refractivity contribution in [1.82, 2.24) is 0 Å². The van der Waals surface area contributed by atoms with E-state index in [0.29, 0.717) is 11.1 Å². The first-order chi connectivity index (χ1) is 6.93. The van der Waals surface area contributed by atoms with Gasteiger partial charge in [0.2, 0.25) is 0 Å². The second-order valence-electron chi connectivity index (χ2n) is 3.19. The van der Waals surface area contributed by atoms with Crippen LogP contribution < -0.4 is 5.73 Å². The molecule has 0 aromatic heterocycles. The molecule has 5 heteroatoms. The van der Waals surface area contributed by atoms with E-state index in [4.69, 9.17) is 15.9 Å². The Bertz CT molecular complexity index is 414. The zero-order chi connectivity index (χ0) is 11.6. The standard InChI is InChI=1S/C10H11NO4/c1-5-2-3-6(9(12)13)4-7(5)8(11)10(14)15/h2-4,8H,11H2,1H3,(H,12,13)(H,14,15)/t8-/m0/s1. The molecule has 80 valence electrons. The second-order valence-corrected chi connectivity index (χ2v) is 3.19. The summed E-state index contributed by atoms with van der Waals surface area (Å²) in [5, 5.41) is 17.4. The van der Waals surface area contributed by atoms with Gasteiger partial charge in [0.15, 0.2) is 0 Å². The minimum absolute atomic E-state index is 0.0345. The van der Waals surface area contributed by atoms with Crippen molar-refractivity contribution in [2.24, 2.45) is 5.73 Å². The van der Waals surface area contributed by atoms with Crippen LogP contribution in [0.15, 0.2) is 18.2 Å². The number of aromatic carboxylic acids is 1. The fourth-order valence-corrected chi connectivity index (χ4v) is 1.24. The molecule has 15 heavy (non-hydrogen) atoms. The van der Waals surface area contributed by atoms with Crippen molar-refractivity contribution >= 4 is 11.9 Å². The third-order valence-corrected chi connectivity index (χ3v) is 2.13. The van der Waals surface area contributed by atoms with Gasteiger partial charge in [0.05, 0.1) is 5.56 Å². The number of carboxylic acid groups (broad SMARTS) is 2. The fraction of sp³-hybridized carbons (Fsp3) is 0.200. The van der Waals surface area contributed by atoms with Gasteiger partial charge in [0.1, 0.15) is 6.04 Å². The van der Waals surface area contributed by atoms with E-state index in [1.165, 1.54) is 12.1 Å². The molecule has 1 aromatic carbocycles. The van der Waals surface area contributed by atoms with E-state index in [-0.39, 0.29) is 5.56 Å². The van der Waals surface area contributed by atoms with Gasteiger partial charge < -0.3 is 15.9 Å². The van der Waals surface area contributed by atoms with E-state index in [2.05, 4.69) is 0 Å². The van der Waals surface area contributed by atoms with Crippen LogP contribution >= 0.6 is 0 Å². The zero-order valence-corrected chi connectivity index (χ0v) is 8.10. The molecule has 0 fully saturated rings. The molecule has 1 atom stereocenters. The van der Waals surface area contributed by atoms with Crippen molar-refractivity contribution in [2.45, 2.75) is 13.0 Å². The predicted molar refractivity (Wildman–Crippen MR) is 52.7 cm³/mol. The summed E-state index contributed by atoms with van der Waals surface area (Å²) < 4.78 is 0. The summed E-state index contributed by atoms with van der Waals surface area (Å²) in [5.74, 6) is -2.28. The molecule has 0 saturated heterocycles. The highest BCUT2D eigenvalue weighted by atomic mass is 16.4. The molecule has 0 spiro atoms. The van der Waals surface area contributed by atoms with Crippen LogP contribution in [0.1, 0.15) is 27.5 Å². The lowest BCUT2D eigenvalue weighted by molar-refractivity contribution is -0.138. The third-order valence-electron chi connectivity index (χ3n) is 2.13. The Morgan fingerprint density at radius 3 is 2.40 bits per heavy atom. The first kappa shape index (κ1) is 11.2. The third kappa shape index (κ3) is 2.32. The van der Waals surface area contributed by atoms with E-state index in [0.717, 1.165) is 0 Å². The van der Waals surface area contributed by atoms with Crippen LogP contribution in [0.5, 0.6) is 0 Å². The van der Waals surface area contributed by atoms with Gasteiger partial charge in [-0.05, 0) is 30.2 Å². The van der Waals surface area contributed by atoms with Crippen LogP contribution in [0.2, 0.25) is 0 Å². The van der Waals surface area contributed by atoms with Gasteiger partial charge in [-0.1, -0.05) is 6.07 Å². The van der Waals surface area contributed by atoms with Crippen molar-refractivity contribution in [3.63, 3.8) is 0 Å². The summed E-state index contributed by atoms with van der Waals surface area (Å²) in [4.78, 5) is 21.3. The van der Waals surface area contributed by atoms with Crippen molar-refractivity contribution in [2.75, 3.05) is 0 Å². The van der Waals surface area contributed by atoms with Crippen molar-refractivity contribution < 1.29 is 19.8 Å². The second kappa shape index (κ2) is 4.10. The molecule has 0 saturated carbocycles. The van der Waals surface area contributed by atoms with Gasteiger partial charge in [0.25, 0.3) is 0 Å². The Kier molecular flexibility index (Phi) is 3.06. The maximum atomic E-state index is 10.7. The molecule has 0 amide bonds. The molecular formula is C10H11NO4. The lowest BCUT2D eigenvalue weighted by Crippen LogP contribution is -2.22. The lowest BCUT2D eigenvalue weighted by atomic mass is 9.99. The van der Waals surface area contributed by atoms with Gasteiger partial charge in [-0.2, -0.15) is 0 Å². The molecule has 0 aliphatic carbocycles. The highest BCUT2D eigenvalue weighted by Crippen LogP contribution is 2.17. The average molecular weight is 209 g/mol. The molecule has 0 aliphatic rings. The van der Waals surface area contributed by atoms with E-state index in [1.54, 1.807) is 13.0 Å². The van der Waals surface area contributed by atoms with E-state index in [9.17, 15) is 9.59 Å². The quantitative estimate of drug-likeness (QED) is 0.682. The largest absolute Gasteiger partial charge is 0.480 e. The van der Waals surface area contributed by atoms with Gasteiger partial charge >= 0.3 is 11.9 Å². The Morgan fingerprint density at radius 2 is 1.93 bits per heavy atom. The monoisotopic (exact) mass is 209 g/mol. The number of carboxylic acids is 2. The summed E-state index contributed by atoms with van der Waals surface area (Å²) in [6.45, 7) is 1.68. The summed E-state index contributed by atoms with van der Waals surface area (Å²) in [7, 11) is 0. The Morgan fingerprint density at radius 1 is 1.33 bits per heavy atom. The summed E-state index contributed by atoms with van der Waals surface area (Å²) in [6.07, 6.45) is 0. The van der Waals surface area contributed by atoms with Crippen LogP contribution in [0.4, 0.5) is 0 Å². The van der Waals surface area contributed by atoms with Crippen LogP contribution in [0.25, 0.3) is 0 Å².